The number of nitrogens with two attached hydrogens (primary N) is 1. The quantitative estimate of drug-likeness (QED) is 0.839. The van der Waals surface area contributed by atoms with Crippen molar-refractivity contribution in [2.45, 2.75) is 6.42 Å². The van der Waals surface area contributed by atoms with Crippen molar-refractivity contribution in [2.75, 3.05) is 11.9 Å². The molecule has 0 aliphatic carbocycles. The molecule has 0 spiro atoms. The van der Waals surface area contributed by atoms with E-state index in [1.807, 2.05) is 0 Å². The summed E-state index contributed by atoms with van der Waals surface area (Å²) in [6, 6.07) is 2.85. The van der Waals surface area contributed by atoms with Gasteiger partial charge in [0, 0.05) is 19.0 Å². The van der Waals surface area contributed by atoms with Gasteiger partial charge in [0.05, 0.1) is 5.69 Å². The van der Waals surface area contributed by atoms with E-state index in [1.54, 1.807) is 0 Å². The number of halogens is 3. The van der Waals surface area contributed by atoms with Crippen molar-refractivity contribution in [3.05, 3.63) is 29.8 Å². The second-order valence-corrected chi connectivity index (χ2v) is 2.71. The van der Waals surface area contributed by atoms with Crippen LogP contribution in [-0.4, -0.2) is 12.5 Å². The monoisotopic (exact) mass is 236 g/mol. The average Bonchev–Trinajstić information content (AvgIpc) is 2.12. The number of carbonyl (C=O) groups is 1. The molecule has 0 aliphatic heterocycles. The summed E-state index contributed by atoms with van der Waals surface area (Å²) in [6.07, 6.45) is 0.0793. The molecule has 0 heterocycles. The maximum atomic E-state index is 13.0. The highest BCUT2D eigenvalue weighted by atomic mass is 35.5. The van der Waals surface area contributed by atoms with Crippen LogP contribution in [0.5, 0.6) is 0 Å². The lowest BCUT2D eigenvalue weighted by atomic mass is 10.3. The fraction of sp³-hybridized carbons (Fsp3) is 0.222. The van der Waals surface area contributed by atoms with Gasteiger partial charge in [0.25, 0.3) is 0 Å². The Morgan fingerprint density at radius 1 is 1.40 bits per heavy atom. The summed E-state index contributed by atoms with van der Waals surface area (Å²) in [5, 5.41) is 2.22. The second kappa shape index (κ2) is 6.31. The predicted octanol–water partition coefficient (Wildman–Crippen LogP) is 1.67. The summed E-state index contributed by atoms with van der Waals surface area (Å²) < 4.78 is 25.6. The van der Waals surface area contributed by atoms with Crippen molar-refractivity contribution in [2.24, 2.45) is 5.73 Å². The Kier molecular flexibility index (Phi) is 5.81. The maximum Gasteiger partial charge on any atom is 0.225 e. The highest BCUT2D eigenvalue weighted by Gasteiger charge is 2.06. The minimum Gasteiger partial charge on any atom is -0.330 e. The van der Waals surface area contributed by atoms with Crippen LogP contribution >= 0.6 is 12.4 Å². The van der Waals surface area contributed by atoms with E-state index in [-0.39, 0.29) is 31.1 Å². The van der Waals surface area contributed by atoms with Gasteiger partial charge in [-0.3, -0.25) is 4.79 Å². The molecule has 3 N–H and O–H groups in total. The third kappa shape index (κ3) is 4.22. The van der Waals surface area contributed by atoms with Crippen molar-refractivity contribution in [1.82, 2.24) is 0 Å². The zero-order valence-corrected chi connectivity index (χ0v) is 8.61. The fourth-order valence-electron chi connectivity index (χ4n) is 0.937. The van der Waals surface area contributed by atoms with Crippen LogP contribution in [-0.2, 0) is 4.79 Å². The molecule has 1 aromatic rings. The van der Waals surface area contributed by atoms with Crippen LogP contribution in [0.3, 0.4) is 0 Å². The normalized spacial score (nSPS) is 9.27. The number of rotatable bonds is 3. The Bertz CT molecular complexity index is 347. The molecule has 15 heavy (non-hydrogen) atoms. The molecule has 6 heteroatoms. The number of carbonyl (C=O) groups excluding carboxylic acids is 1. The first-order valence-electron chi connectivity index (χ1n) is 4.08. The maximum absolute atomic E-state index is 13.0. The molecule has 1 amide bonds. The molecule has 0 saturated carbocycles. The number of benzene rings is 1. The van der Waals surface area contributed by atoms with Gasteiger partial charge in [0.15, 0.2) is 0 Å². The third-order valence-electron chi connectivity index (χ3n) is 1.57. The van der Waals surface area contributed by atoms with Crippen molar-refractivity contribution in [3.63, 3.8) is 0 Å². The van der Waals surface area contributed by atoms with E-state index < -0.39 is 17.5 Å². The van der Waals surface area contributed by atoms with Crippen LogP contribution in [0, 0.1) is 11.6 Å². The molecule has 84 valence electrons. The van der Waals surface area contributed by atoms with Crippen LogP contribution in [0.25, 0.3) is 0 Å². The fourth-order valence-corrected chi connectivity index (χ4v) is 0.937. The van der Waals surface area contributed by atoms with Crippen molar-refractivity contribution < 1.29 is 13.6 Å². The Morgan fingerprint density at radius 3 is 2.67 bits per heavy atom. The Labute approximate surface area is 92.1 Å². The van der Waals surface area contributed by atoms with Gasteiger partial charge in [0.1, 0.15) is 11.6 Å². The van der Waals surface area contributed by atoms with Gasteiger partial charge in [-0.05, 0) is 12.1 Å². The molecule has 1 aromatic carbocycles. The minimum absolute atomic E-state index is 0. The molecular weight excluding hydrogens is 226 g/mol. The zero-order chi connectivity index (χ0) is 10.6. The first kappa shape index (κ1) is 13.8. The molecule has 1 rings (SSSR count). The predicted molar refractivity (Wildman–Crippen MR) is 55.9 cm³/mol. The van der Waals surface area contributed by atoms with Crippen LogP contribution in [0.4, 0.5) is 14.5 Å². The van der Waals surface area contributed by atoms with E-state index in [1.165, 1.54) is 0 Å². The van der Waals surface area contributed by atoms with E-state index in [0.29, 0.717) is 0 Å². The minimum atomic E-state index is -0.670. The zero-order valence-electron chi connectivity index (χ0n) is 7.80. The van der Waals surface area contributed by atoms with Gasteiger partial charge in [0.2, 0.25) is 5.91 Å². The Morgan fingerprint density at radius 2 is 2.07 bits per heavy atom. The van der Waals surface area contributed by atoms with E-state index in [4.69, 9.17) is 5.73 Å². The van der Waals surface area contributed by atoms with Gasteiger partial charge in [-0.25, -0.2) is 8.78 Å². The number of amides is 1. The van der Waals surface area contributed by atoms with Crippen LogP contribution < -0.4 is 11.1 Å². The summed E-state index contributed by atoms with van der Waals surface area (Å²) in [5.74, 6) is -1.71. The molecule has 0 saturated heterocycles. The molecule has 0 bridgehead atoms. The first-order valence-corrected chi connectivity index (χ1v) is 4.08. The topological polar surface area (TPSA) is 55.1 Å². The number of hydrogen-bond acceptors (Lipinski definition) is 2. The van der Waals surface area contributed by atoms with Crippen molar-refractivity contribution in [3.8, 4) is 0 Å². The van der Waals surface area contributed by atoms with E-state index >= 15 is 0 Å². The molecule has 0 radical (unpaired) electrons. The van der Waals surface area contributed by atoms with Crippen LogP contribution in [0.1, 0.15) is 6.42 Å². The highest BCUT2D eigenvalue weighted by molar-refractivity contribution is 5.90. The van der Waals surface area contributed by atoms with E-state index in [0.717, 1.165) is 18.2 Å². The van der Waals surface area contributed by atoms with E-state index in [9.17, 15) is 13.6 Å². The summed E-state index contributed by atoms with van der Waals surface area (Å²) in [5.41, 5.74) is 4.96. The number of hydrogen-bond donors (Lipinski definition) is 2. The smallest absolute Gasteiger partial charge is 0.225 e. The SMILES string of the molecule is Cl.NCCC(=O)Nc1cc(F)ccc1F. The lowest BCUT2D eigenvalue weighted by Crippen LogP contribution is -2.17. The Hall–Kier alpha value is -1.20. The standard InChI is InChI=1S/C9H10F2N2O.ClH/c10-6-1-2-7(11)8(5-6)13-9(14)3-4-12;/h1-2,5H,3-4,12H2,(H,13,14);1H. The van der Waals surface area contributed by atoms with E-state index in [2.05, 4.69) is 5.32 Å². The largest absolute Gasteiger partial charge is 0.330 e. The van der Waals surface area contributed by atoms with Crippen molar-refractivity contribution in [1.29, 1.82) is 0 Å². The number of anilines is 1. The second-order valence-electron chi connectivity index (χ2n) is 2.71. The third-order valence-corrected chi connectivity index (χ3v) is 1.57. The van der Waals surface area contributed by atoms with Crippen LogP contribution in [0.15, 0.2) is 18.2 Å². The van der Waals surface area contributed by atoms with Gasteiger partial charge >= 0.3 is 0 Å². The van der Waals surface area contributed by atoms with Gasteiger partial charge < -0.3 is 11.1 Å². The van der Waals surface area contributed by atoms with Gasteiger partial charge in [-0.2, -0.15) is 0 Å². The summed E-state index contributed by atoms with van der Waals surface area (Å²) >= 11 is 0. The molecule has 0 aromatic heterocycles. The van der Waals surface area contributed by atoms with Gasteiger partial charge in [-0.15, -0.1) is 12.4 Å². The van der Waals surface area contributed by atoms with Crippen molar-refractivity contribution >= 4 is 24.0 Å². The molecular formula is C9H11ClF2N2O. The lowest BCUT2D eigenvalue weighted by molar-refractivity contribution is -0.116. The summed E-state index contributed by atoms with van der Waals surface area (Å²) in [4.78, 5) is 11.0. The Balaban J connectivity index is 0.00000196. The molecule has 0 unspecified atom stereocenters. The number of nitrogens with one attached hydrogen (secondary N) is 1. The first-order chi connectivity index (χ1) is 6.63. The highest BCUT2D eigenvalue weighted by Crippen LogP contribution is 2.15. The van der Waals surface area contributed by atoms with Gasteiger partial charge in [-0.1, -0.05) is 0 Å². The summed E-state index contributed by atoms with van der Waals surface area (Å²) in [7, 11) is 0. The molecule has 0 aliphatic rings. The molecule has 3 nitrogen and oxygen atoms in total. The summed E-state index contributed by atoms with van der Waals surface area (Å²) in [6.45, 7) is 0.169. The van der Waals surface area contributed by atoms with Crippen LogP contribution in [0.2, 0.25) is 0 Å². The lowest BCUT2D eigenvalue weighted by Gasteiger charge is -2.05. The molecule has 0 fully saturated rings. The average molecular weight is 237 g/mol. The molecule has 0 atom stereocenters.